The summed E-state index contributed by atoms with van der Waals surface area (Å²) in [6.45, 7) is 2.35. The van der Waals surface area contributed by atoms with Crippen molar-refractivity contribution in [1.82, 2.24) is 15.3 Å². The lowest BCUT2D eigenvalue weighted by molar-refractivity contribution is 0.0950. The fourth-order valence-corrected chi connectivity index (χ4v) is 3.30. The molecule has 2 heterocycles. The number of hydrogen-bond acceptors (Lipinski definition) is 5. The van der Waals surface area contributed by atoms with E-state index in [0.29, 0.717) is 17.9 Å². The summed E-state index contributed by atoms with van der Waals surface area (Å²) in [6.07, 6.45) is 5.37. The van der Waals surface area contributed by atoms with Crippen molar-refractivity contribution >= 4 is 11.9 Å². The maximum atomic E-state index is 12.5. The second-order valence-electron chi connectivity index (χ2n) is 7.02. The van der Waals surface area contributed by atoms with Crippen LogP contribution in [0.2, 0.25) is 0 Å². The topological polar surface area (TPSA) is 67.4 Å². The largest absolute Gasteiger partial charge is 0.457 e. The van der Waals surface area contributed by atoms with E-state index >= 15 is 0 Å². The first kappa shape index (κ1) is 18.9. The van der Waals surface area contributed by atoms with Crippen LogP contribution in [0.3, 0.4) is 0 Å². The molecule has 0 radical (unpaired) electrons. The van der Waals surface area contributed by atoms with Gasteiger partial charge >= 0.3 is 0 Å². The molecule has 0 unspecified atom stereocenters. The monoisotopic (exact) mass is 388 g/mol. The van der Waals surface area contributed by atoms with Crippen LogP contribution in [-0.2, 0) is 6.54 Å². The number of carbonyl (C=O) groups excluding carboxylic acids is 1. The summed E-state index contributed by atoms with van der Waals surface area (Å²) >= 11 is 0. The first-order valence-corrected chi connectivity index (χ1v) is 9.96. The number of nitrogens with zero attached hydrogens (tertiary/aromatic N) is 3. The molecule has 0 atom stereocenters. The molecule has 148 valence electrons. The second-order valence-corrected chi connectivity index (χ2v) is 7.02. The quantitative estimate of drug-likeness (QED) is 0.686. The van der Waals surface area contributed by atoms with Gasteiger partial charge in [-0.05, 0) is 61.7 Å². The SMILES string of the molecule is O=C(NCc1ccnc(N2CCCCC2)n1)c1ccc(Oc2ccccc2)cc1. The number of rotatable bonds is 6. The third-order valence-corrected chi connectivity index (χ3v) is 4.86. The predicted molar refractivity (Wildman–Crippen MR) is 112 cm³/mol. The second kappa shape index (κ2) is 9.19. The van der Waals surface area contributed by atoms with E-state index in [1.807, 2.05) is 36.4 Å². The summed E-state index contributed by atoms with van der Waals surface area (Å²) in [5.41, 5.74) is 1.38. The average molecular weight is 388 g/mol. The molecule has 6 heteroatoms. The minimum Gasteiger partial charge on any atom is -0.457 e. The van der Waals surface area contributed by atoms with Crippen molar-refractivity contribution in [2.75, 3.05) is 18.0 Å². The van der Waals surface area contributed by atoms with E-state index in [4.69, 9.17) is 4.74 Å². The number of amides is 1. The Morgan fingerprint density at radius 2 is 1.66 bits per heavy atom. The van der Waals surface area contributed by atoms with Gasteiger partial charge in [-0.25, -0.2) is 9.97 Å². The third kappa shape index (κ3) is 5.10. The third-order valence-electron chi connectivity index (χ3n) is 4.86. The molecule has 6 nitrogen and oxygen atoms in total. The normalized spacial score (nSPS) is 13.7. The summed E-state index contributed by atoms with van der Waals surface area (Å²) in [7, 11) is 0. The summed E-state index contributed by atoms with van der Waals surface area (Å²) in [5, 5.41) is 2.93. The van der Waals surface area contributed by atoms with E-state index in [2.05, 4.69) is 20.2 Å². The molecular formula is C23H24N4O2. The molecule has 0 saturated carbocycles. The van der Waals surface area contributed by atoms with Gasteiger partial charge in [0.15, 0.2) is 0 Å². The van der Waals surface area contributed by atoms with Crippen LogP contribution in [0.4, 0.5) is 5.95 Å². The zero-order valence-corrected chi connectivity index (χ0v) is 16.3. The predicted octanol–water partition coefficient (Wildman–Crippen LogP) is 4.19. The van der Waals surface area contributed by atoms with Crippen molar-refractivity contribution in [2.24, 2.45) is 0 Å². The maximum absolute atomic E-state index is 12.5. The molecule has 0 spiro atoms. The minimum absolute atomic E-state index is 0.144. The highest BCUT2D eigenvalue weighted by molar-refractivity contribution is 5.94. The Morgan fingerprint density at radius 3 is 2.41 bits per heavy atom. The van der Waals surface area contributed by atoms with E-state index in [1.165, 1.54) is 19.3 Å². The number of aromatic nitrogens is 2. The minimum atomic E-state index is -0.144. The van der Waals surface area contributed by atoms with Crippen molar-refractivity contribution in [1.29, 1.82) is 0 Å². The average Bonchev–Trinajstić information content (AvgIpc) is 2.79. The first-order chi connectivity index (χ1) is 14.3. The van der Waals surface area contributed by atoms with Gasteiger partial charge in [-0.1, -0.05) is 18.2 Å². The number of anilines is 1. The van der Waals surface area contributed by atoms with E-state index in [9.17, 15) is 4.79 Å². The Kier molecular flexibility index (Phi) is 6.00. The molecule has 3 aromatic rings. The first-order valence-electron chi connectivity index (χ1n) is 9.96. The highest BCUT2D eigenvalue weighted by Gasteiger charge is 2.14. The van der Waals surface area contributed by atoms with Gasteiger partial charge in [0.05, 0.1) is 12.2 Å². The van der Waals surface area contributed by atoms with Gasteiger partial charge < -0.3 is 15.0 Å². The van der Waals surface area contributed by atoms with Crippen molar-refractivity contribution in [3.8, 4) is 11.5 Å². The van der Waals surface area contributed by atoms with E-state index in [1.54, 1.807) is 30.5 Å². The van der Waals surface area contributed by atoms with Crippen molar-refractivity contribution < 1.29 is 9.53 Å². The molecule has 1 N–H and O–H groups in total. The van der Waals surface area contributed by atoms with E-state index in [0.717, 1.165) is 30.5 Å². The molecule has 1 amide bonds. The van der Waals surface area contributed by atoms with Gasteiger partial charge in [0.25, 0.3) is 5.91 Å². The number of benzene rings is 2. The Hall–Kier alpha value is -3.41. The Morgan fingerprint density at radius 1 is 0.931 bits per heavy atom. The molecule has 1 aromatic heterocycles. The van der Waals surface area contributed by atoms with Crippen molar-refractivity contribution in [3.05, 3.63) is 78.1 Å². The van der Waals surface area contributed by atoms with Crippen molar-refractivity contribution in [2.45, 2.75) is 25.8 Å². The number of carbonyl (C=O) groups is 1. The van der Waals surface area contributed by atoms with Gasteiger partial charge in [0, 0.05) is 24.8 Å². The molecule has 0 aliphatic carbocycles. The van der Waals surface area contributed by atoms with Crippen LogP contribution in [0.15, 0.2) is 66.9 Å². The number of hydrogen-bond donors (Lipinski definition) is 1. The van der Waals surface area contributed by atoms with Gasteiger partial charge in [-0.15, -0.1) is 0 Å². The van der Waals surface area contributed by atoms with Crippen LogP contribution in [0.5, 0.6) is 11.5 Å². The van der Waals surface area contributed by atoms with Crippen LogP contribution in [0, 0.1) is 0 Å². The lowest BCUT2D eigenvalue weighted by Gasteiger charge is -2.26. The lowest BCUT2D eigenvalue weighted by Crippen LogP contribution is -2.31. The maximum Gasteiger partial charge on any atom is 0.251 e. The highest BCUT2D eigenvalue weighted by Crippen LogP contribution is 2.21. The van der Waals surface area contributed by atoms with Crippen LogP contribution in [0.1, 0.15) is 35.3 Å². The van der Waals surface area contributed by atoms with Gasteiger partial charge in [-0.3, -0.25) is 4.79 Å². The molecule has 0 bridgehead atoms. The number of para-hydroxylation sites is 1. The zero-order valence-electron chi connectivity index (χ0n) is 16.3. The molecule has 1 aliphatic rings. The number of piperidine rings is 1. The van der Waals surface area contributed by atoms with Crippen LogP contribution < -0.4 is 15.0 Å². The van der Waals surface area contributed by atoms with Gasteiger partial charge in [0.1, 0.15) is 11.5 Å². The molecule has 2 aromatic carbocycles. The van der Waals surface area contributed by atoms with Crippen LogP contribution in [-0.4, -0.2) is 29.0 Å². The molecular weight excluding hydrogens is 364 g/mol. The van der Waals surface area contributed by atoms with E-state index < -0.39 is 0 Å². The number of ether oxygens (including phenoxy) is 1. The lowest BCUT2D eigenvalue weighted by atomic mass is 10.1. The standard InChI is InChI=1S/C23H24N4O2/c28-22(18-9-11-21(12-10-18)29-20-7-3-1-4-8-20)25-17-19-13-14-24-23(26-19)27-15-5-2-6-16-27/h1,3-4,7-14H,2,5-6,15-17H2,(H,25,28). The highest BCUT2D eigenvalue weighted by atomic mass is 16.5. The Balaban J connectivity index is 1.33. The van der Waals surface area contributed by atoms with Crippen molar-refractivity contribution in [3.63, 3.8) is 0 Å². The molecule has 29 heavy (non-hydrogen) atoms. The summed E-state index contributed by atoms with van der Waals surface area (Å²) in [4.78, 5) is 23.7. The summed E-state index contributed by atoms with van der Waals surface area (Å²) < 4.78 is 5.76. The van der Waals surface area contributed by atoms with Crippen LogP contribution >= 0.6 is 0 Å². The molecule has 1 saturated heterocycles. The van der Waals surface area contributed by atoms with Gasteiger partial charge in [0.2, 0.25) is 5.95 Å². The summed E-state index contributed by atoms with van der Waals surface area (Å²) in [6, 6.07) is 18.5. The smallest absolute Gasteiger partial charge is 0.251 e. The molecule has 1 aliphatic heterocycles. The Bertz CT molecular complexity index is 939. The summed E-state index contributed by atoms with van der Waals surface area (Å²) in [5.74, 6) is 2.06. The zero-order chi connectivity index (χ0) is 19.9. The molecule has 1 fully saturated rings. The van der Waals surface area contributed by atoms with Gasteiger partial charge in [-0.2, -0.15) is 0 Å². The molecule has 4 rings (SSSR count). The Labute approximate surface area is 170 Å². The van der Waals surface area contributed by atoms with E-state index in [-0.39, 0.29) is 5.91 Å². The number of nitrogens with one attached hydrogen (secondary N) is 1. The fourth-order valence-electron chi connectivity index (χ4n) is 3.30. The van der Waals surface area contributed by atoms with Crippen LogP contribution in [0.25, 0.3) is 0 Å². The fraction of sp³-hybridized carbons (Fsp3) is 0.261.